The second kappa shape index (κ2) is 7.52. The summed E-state index contributed by atoms with van der Waals surface area (Å²) in [5, 5.41) is 14.7. The fraction of sp³-hybridized carbons (Fsp3) is 0.833. The Morgan fingerprint density at radius 2 is 2.12 bits per heavy atom. The molecular formula is C18H29N3O5. The molecule has 3 aliphatic rings. The van der Waals surface area contributed by atoms with Crippen LogP contribution >= 0.6 is 0 Å². The average molecular weight is 367 g/mol. The third kappa shape index (κ3) is 2.79. The number of carbonyl (C=O) groups excluding carboxylic acids is 3. The number of aliphatic hydroxyl groups is 1. The fourth-order valence-corrected chi connectivity index (χ4v) is 4.89. The third-order valence-corrected chi connectivity index (χ3v) is 5.98. The number of nitrogens with zero attached hydrogens (tertiary/aromatic N) is 1. The van der Waals surface area contributed by atoms with E-state index in [4.69, 9.17) is 4.74 Å². The van der Waals surface area contributed by atoms with Crippen LogP contribution in [0.3, 0.4) is 0 Å². The second-order valence-electron chi connectivity index (χ2n) is 7.42. The molecule has 3 heterocycles. The van der Waals surface area contributed by atoms with Gasteiger partial charge in [-0.3, -0.25) is 14.4 Å². The monoisotopic (exact) mass is 367 g/mol. The van der Waals surface area contributed by atoms with Crippen LogP contribution in [0.4, 0.5) is 0 Å². The molecule has 26 heavy (non-hydrogen) atoms. The Morgan fingerprint density at radius 1 is 1.35 bits per heavy atom. The summed E-state index contributed by atoms with van der Waals surface area (Å²) in [6.45, 7) is 2.82. The zero-order chi connectivity index (χ0) is 18.9. The van der Waals surface area contributed by atoms with Crippen molar-refractivity contribution in [2.75, 3.05) is 26.7 Å². The van der Waals surface area contributed by atoms with Gasteiger partial charge >= 0.3 is 0 Å². The molecule has 5 atom stereocenters. The average Bonchev–Trinajstić information content (AvgIpc) is 3.27. The van der Waals surface area contributed by atoms with Crippen LogP contribution in [0.15, 0.2) is 0 Å². The molecule has 8 nitrogen and oxygen atoms in total. The van der Waals surface area contributed by atoms with Gasteiger partial charge in [-0.2, -0.15) is 0 Å². The second-order valence-corrected chi connectivity index (χ2v) is 7.42. The maximum Gasteiger partial charge on any atom is 0.245 e. The Morgan fingerprint density at radius 3 is 2.77 bits per heavy atom. The van der Waals surface area contributed by atoms with Gasteiger partial charge in [0, 0.05) is 26.7 Å². The number of carbonyl (C=O) groups is 3. The summed E-state index contributed by atoms with van der Waals surface area (Å²) < 4.78 is 6.19. The highest BCUT2D eigenvalue weighted by Gasteiger charge is 2.74. The van der Waals surface area contributed by atoms with Crippen molar-refractivity contribution < 1.29 is 24.2 Å². The topological polar surface area (TPSA) is 108 Å². The number of fused-ring (bicyclic) bond motifs is 1. The number of unbranched alkanes of at least 4 members (excludes halogenated alkanes) is 1. The fourth-order valence-electron chi connectivity index (χ4n) is 4.89. The Kier molecular flexibility index (Phi) is 5.53. The Bertz CT molecular complexity index is 583. The van der Waals surface area contributed by atoms with Gasteiger partial charge in [0.25, 0.3) is 0 Å². The first-order valence-corrected chi connectivity index (χ1v) is 9.60. The van der Waals surface area contributed by atoms with Gasteiger partial charge in [0.1, 0.15) is 11.6 Å². The quantitative estimate of drug-likeness (QED) is 0.497. The van der Waals surface area contributed by atoms with Gasteiger partial charge in [0.2, 0.25) is 17.7 Å². The number of nitrogens with one attached hydrogen (secondary N) is 2. The lowest BCUT2D eigenvalue weighted by Gasteiger charge is -2.33. The number of rotatable bonds is 8. The first kappa shape index (κ1) is 19.1. The van der Waals surface area contributed by atoms with Crippen LogP contribution in [0.5, 0.6) is 0 Å². The number of amides is 3. The SMILES string of the molecule is CCCCNC(=O)C1N(CCCO)C(=O)[C@@H]2[C@@H](C(=O)NC)[C@H]3CCC12O3. The molecule has 3 N–H and O–H groups in total. The lowest BCUT2D eigenvalue weighted by molar-refractivity contribution is -0.142. The van der Waals surface area contributed by atoms with Crippen molar-refractivity contribution in [3.8, 4) is 0 Å². The molecule has 0 aromatic rings. The zero-order valence-corrected chi connectivity index (χ0v) is 15.5. The summed E-state index contributed by atoms with van der Waals surface area (Å²) in [5.41, 5.74) is -0.926. The molecule has 1 spiro atoms. The molecular weight excluding hydrogens is 338 g/mol. The van der Waals surface area contributed by atoms with Crippen LogP contribution in [0.1, 0.15) is 39.0 Å². The standard InChI is InChI=1S/C18H29N3O5/c1-3-4-8-20-16(24)14-18-7-6-11(26-18)12(15(23)19-2)13(18)17(25)21(14)9-5-10-22/h11-14,22H,3-10H2,1-2H3,(H,19,23)(H,20,24)/t11-,12+,13+,14?,18?/m1/s1. The Labute approximate surface area is 153 Å². The van der Waals surface area contributed by atoms with Crippen molar-refractivity contribution in [3.63, 3.8) is 0 Å². The molecule has 3 fully saturated rings. The van der Waals surface area contributed by atoms with Crippen molar-refractivity contribution in [3.05, 3.63) is 0 Å². The van der Waals surface area contributed by atoms with Crippen LogP contribution in [0, 0.1) is 11.8 Å². The van der Waals surface area contributed by atoms with Crippen molar-refractivity contribution >= 4 is 17.7 Å². The molecule has 2 bridgehead atoms. The minimum absolute atomic E-state index is 0.0615. The van der Waals surface area contributed by atoms with E-state index in [-0.39, 0.29) is 37.0 Å². The molecule has 0 aromatic carbocycles. The summed E-state index contributed by atoms with van der Waals surface area (Å²) in [5.74, 6) is -1.80. The van der Waals surface area contributed by atoms with E-state index in [0.29, 0.717) is 25.8 Å². The highest BCUT2D eigenvalue weighted by atomic mass is 16.5. The van der Waals surface area contributed by atoms with E-state index in [9.17, 15) is 19.5 Å². The Balaban J connectivity index is 1.91. The van der Waals surface area contributed by atoms with E-state index in [2.05, 4.69) is 10.6 Å². The van der Waals surface area contributed by atoms with E-state index < -0.39 is 23.5 Å². The maximum atomic E-state index is 13.2. The number of hydrogen-bond donors (Lipinski definition) is 3. The molecule has 0 aromatic heterocycles. The van der Waals surface area contributed by atoms with Gasteiger partial charge < -0.3 is 25.4 Å². The van der Waals surface area contributed by atoms with E-state index in [0.717, 1.165) is 12.8 Å². The number of ether oxygens (including phenoxy) is 1. The van der Waals surface area contributed by atoms with Gasteiger partial charge in [-0.05, 0) is 25.7 Å². The molecule has 3 rings (SSSR count). The van der Waals surface area contributed by atoms with Crippen LogP contribution < -0.4 is 10.6 Å². The highest BCUT2D eigenvalue weighted by Crippen LogP contribution is 2.58. The normalized spacial score (nSPS) is 34.9. The number of likely N-dealkylation sites (tertiary alicyclic amines) is 1. The predicted molar refractivity (Wildman–Crippen MR) is 93.0 cm³/mol. The van der Waals surface area contributed by atoms with E-state index in [1.54, 1.807) is 7.05 Å². The summed E-state index contributed by atoms with van der Waals surface area (Å²) in [4.78, 5) is 40.0. The largest absolute Gasteiger partial charge is 0.396 e. The van der Waals surface area contributed by atoms with Gasteiger partial charge in [0.15, 0.2) is 0 Å². The number of hydrogen-bond acceptors (Lipinski definition) is 5. The lowest BCUT2D eigenvalue weighted by Crippen LogP contribution is -2.55. The Hall–Kier alpha value is -1.67. The highest BCUT2D eigenvalue weighted by molar-refractivity contribution is 5.98. The summed E-state index contributed by atoms with van der Waals surface area (Å²) in [7, 11) is 1.55. The molecule has 2 unspecified atom stereocenters. The maximum absolute atomic E-state index is 13.2. The van der Waals surface area contributed by atoms with E-state index in [1.165, 1.54) is 4.90 Å². The molecule has 3 aliphatic heterocycles. The minimum Gasteiger partial charge on any atom is -0.396 e. The van der Waals surface area contributed by atoms with Crippen LogP contribution in [0.2, 0.25) is 0 Å². The van der Waals surface area contributed by atoms with Gasteiger partial charge in [-0.15, -0.1) is 0 Å². The smallest absolute Gasteiger partial charge is 0.245 e. The van der Waals surface area contributed by atoms with Crippen molar-refractivity contribution in [2.45, 2.75) is 56.8 Å². The van der Waals surface area contributed by atoms with Crippen LogP contribution in [0.25, 0.3) is 0 Å². The molecule has 0 saturated carbocycles. The molecule has 0 radical (unpaired) electrons. The summed E-state index contributed by atoms with van der Waals surface area (Å²) >= 11 is 0. The summed E-state index contributed by atoms with van der Waals surface area (Å²) in [6, 6.07) is -0.733. The first-order chi connectivity index (χ1) is 12.5. The lowest BCUT2D eigenvalue weighted by atomic mass is 9.70. The summed E-state index contributed by atoms with van der Waals surface area (Å²) in [6.07, 6.45) is 3.18. The van der Waals surface area contributed by atoms with Crippen LogP contribution in [-0.2, 0) is 19.1 Å². The molecule has 0 aliphatic carbocycles. The van der Waals surface area contributed by atoms with Crippen molar-refractivity contribution in [1.29, 1.82) is 0 Å². The molecule has 8 heteroatoms. The van der Waals surface area contributed by atoms with Gasteiger partial charge in [-0.25, -0.2) is 0 Å². The first-order valence-electron chi connectivity index (χ1n) is 9.60. The van der Waals surface area contributed by atoms with E-state index >= 15 is 0 Å². The van der Waals surface area contributed by atoms with Gasteiger partial charge in [-0.1, -0.05) is 13.3 Å². The van der Waals surface area contributed by atoms with Gasteiger partial charge in [0.05, 0.1) is 17.9 Å². The third-order valence-electron chi connectivity index (χ3n) is 5.98. The van der Waals surface area contributed by atoms with Crippen LogP contribution in [-0.4, -0.2) is 72.2 Å². The minimum atomic E-state index is -0.926. The van der Waals surface area contributed by atoms with Crippen molar-refractivity contribution in [2.24, 2.45) is 11.8 Å². The number of aliphatic hydroxyl groups excluding tert-OH is 1. The molecule has 3 saturated heterocycles. The molecule has 3 amide bonds. The zero-order valence-electron chi connectivity index (χ0n) is 15.5. The van der Waals surface area contributed by atoms with Crippen molar-refractivity contribution in [1.82, 2.24) is 15.5 Å². The van der Waals surface area contributed by atoms with E-state index in [1.807, 2.05) is 6.92 Å². The predicted octanol–water partition coefficient (Wildman–Crippen LogP) is -0.594. The molecule has 146 valence electrons.